The monoisotopic (exact) mass is 355 g/mol. The number of ether oxygens (including phenoxy) is 2. The van der Waals surface area contributed by atoms with Gasteiger partial charge < -0.3 is 14.4 Å². The van der Waals surface area contributed by atoms with Crippen LogP contribution in [0.3, 0.4) is 0 Å². The number of alkyl halides is 4. The first-order chi connectivity index (χ1) is 10.1. The lowest BCUT2D eigenvalue weighted by Crippen LogP contribution is -2.66. The van der Waals surface area contributed by atoms with Crippen LogP contribution in [0, 0.1) is 5.41 Å². The molecule has 1 atom stereocenters. The molecule has 0 aliphatic heterocycles. The number of methoxy groups -OCH3 is 1. The minimum absolute atomic E-state index is 0.112. The molecule has 0 aromatic heterocycles. The molecule has 0 fully saturated rings. The maximum Gasteiger partial charge on any atom is 0.469 e. The van der Waals surface area contributed by atoms with Crippen molar-refractivity contribution in [1.29, 1.82) is 0 Å². The zero-order chi connectivity index (χ0) is 18.9. The van der Waals surface area contributed by atoms with E-state index in [2.05, 4.69) is 9.47 Å². The smallest absolute Gasteiger partial charge is 0.398 e. The van der Waals surface area contributed by atoms with Gasteiger partial charge in [-0.1, -0.05) is 13.8 Å². The quantitative estimate of drug-likeness (QED) is 0.480. The van der Waals surface area contributed by atoms with Gasteiger partial charge in [-0.15, -0.1) is 0 Å². The van der Waals surface area contributed by atoms with E-state index in [1.165, 1.54) is 32.8 Å². The summed E-state index contributed by atoms with van der Waals surface area (Å²) in [7, 11) is 3.81. The lowest BCUT2D eigenvalue weighted by molar-refractivity contribution is -0.398. The second-order valence-corrected chi connectivity index (χ2v) is 6.09. The third-order valence-corrected chi connectivity index (χ3v) is 3.74. The molecule has 23 heavy (non-hydrogen) atoms. The molecule has 138 valence electrons. The van der Waals surface area contributed by atoms with Crippen LogP contribution >= 0.6 is 0 Å². The summed E-state index contributed by atoms with van der Waals surface area (Å²) < 4.78 is 100. The first-order valence-corrected chi connectivity index (χ1v) is 6.41. The lowest BCUT2D eigenvalue weighted by Gasteiger charge is -2.49. The summed E-state index contributed by atoms with van der Waals surface area (Å²) in [4.78, 5) is 1.45. The highest BCUT2D eigenvalue weighted by Crippen LogP contribution is 2.53. The van der Waals surface area contributed by atoms with E-state index < -0.39 is 35.1 Å². The highest BCUT2D eigenvalue weighted by Gasteiger charge is 2.74. The molecule has 1 unspecified atom stereocenters. The molecule has 0 aliphatic carbocycles. The Kier molecular flexibility index (Phi) is 6.53. The Labute approximate surface area is 130 Å². The summed E-state index contributed by atoms with van der Waals surface area (Å²) in [5.74, 6) is -5.12. The van der Waals surface area contributed by atoms with E-state index in [0.29, 0.717) is 6.92 Å². The van der Waals surface area contributed by atoms with Gasteiger partial charge in [0, 0.05) is 19.1 Å². The molecular weight excluding hydrogens is 335 g/mol. The summed E-state index contributed by atoms with van der Waals surface area (Å²) in [5, 5.41) is 0. The normalized spacial score (nSPS) is 16.3. The van der Waals surface area contributed by atoms with Gasteiger partial charge in [-0.2, -0.15) is 30.7 Å². The molecule has 0 saturated carbocycles. The molecule has 0 amide bonds. The van der Waals surface area contributed by atoms with Crippen LogP contribution in [0.15, 0.2) is 12.1 Å². The first kappa shape index (κ1) is 22.0. The van der Waals surface area contributed by atoms with Crippen molar-refractivity contribution >= 4 is 0 Å². The van der Waals surface area contributed by atoms with E-state index in [1.807, 2.05) is 0 Å². The summed E-state index contributed by atoms with van der Waals surface area (Å²) >= 11 is 0. The van der Waals surface area contributed by atoms with Gasteiger partial charge in [-0.05, 0) is 21.0 Å². The Morgan fingerprint density at radius 3 is 1.70 bits per heavy atom. The number of rotatable bonds is 8. The minimum Gasteiger partial charge on any atom is -0.398 e. The molecule has 0 spiro atoms. The zero-order valence-electron chi connectivity index (χ0n) is 13.6. The van der Waals surface area contributed by atoms with Gasteiger partial charge in [0.1, 0.15) is 5.60 Å². The predicted octanol–water partition coefficient (Wildman–Crippen LogP) is 4.26. The molecule has 0 aliphatic rings. The van der Waals surface area contributed by atoms with Crippen molar-refractivity contribution < 1.29 is 40.2 Å². The van der Waals surface area contributed by atoms with Gasteiger partial charge in [-0.3, -0.25) is 0 Å². The van der Waals surface area contributed by atoms with Crippen molar-refractivity contribution in [3.63, 3.8) is 0 Å². The Hall–Kier alpha value is -1.03. The van der Waals surface area contributed by atoms with Crippen LogP contribution in [0.1, 0.15) is 20.8 Å². The predicted molar refractivity (Wildman–Crippen MR) is 69.1 cm³/mol. The van der Waals surface area contributed by atoms with Gasteiger partial charge in [0.15, 0.2) is 0 Å². The Bertz CT molecular complexity index is 448. The van der Waals surface area contributed by atoms with E-state index in [9.17, 15) is 30.7 Å². The van der Waals surface area contributed by atoms with E-state index in [4.69, 9.17) is 0 Å². The number of nitrogens with zero attached hydrogens (tertiary/aromatic N) is 1. The van der Waals surface area contributed by atoms with Crippen molar-refractivity contribution in [3.05, 3.63) is 12.1 Å². The molecule has 0 rings (SSSR count). The van der Waals surface area contributed by atoms with E-state index >= 15 is 0 Å². The number of halogens is 7. The zero-order valence-corrected chi connectivity index (χ0v) is 13.6. The van der Waals surface area contributed by atoms with Crippen LogP contribution in [-0.2, 0) is 9.47 Å². The molecule has 0 bridgehead atoms. The van der Waals surface area contributed by atoms with Gasteiger partial charge in [0.2, 0.25) is 0 Å². The standard InChI is InChI=1S/C13H20F7NO2/c1-10(2,7-21(4)5)11(3,22-6)12(17,18)13(19,20)23-9(16)8(14)15/h7H2,1-6H3. The van der Waals surface area contributed by atoms with Crippen LogP contribution < -0.4 is 0 Å². The van der Waals surface area contributed by atoms with Gasteiger partial charge in [0.05, 0.1) is 0 Å². The number of hydrogen-bond acceptors (Lipinski definition) is 3. The Morgan fingerprint density at radius 1 is 0.957 bits per heavy atom. The van der Waals surface area contributed by atoms with Gasteiger partial charge in [-0.25, -0.2) is 0 Å². The summed E-state index contributed by atoms with van der Waals surface area (Å²) in [6.07, 6.45) is -8.83. The van der Waals surface area contributed by atoms with E-state index in [1.54, 1.807) is 0 Å². The second kappa shape index (κ2) is 6.84. The highest BCUT2D eigenvalue weighted by molar-refractivity contribution is 5.07. The van der Waals surface area contributed by atoms with Crippen molar-refractivity contribution in [3.8, 4) is 0 Å². The minimum atomic E-state index is -5.56. The van der Waals surface area contributed by atoms with Crippen LogP contribution in [0.5, 0.6) is 0 Å². The fraction of sp³-hybridized carbons (Fsp3) is 0.846. The average molecular weight is 355 g/mol. The lowest BCUT2D eigenvalue weighted by atomic mass is 9.71. The molecule has 10 heteroatoms. The number of hydrogen-bond donors (Lipinski definition) is 0. The first-order valence-electron chi connectivity index (χ1n) is 6.41. The Morgan fingerprint density at radius 2 is 1.39 bits per heavy atom. The topological polar surface area (TPSA) is 21.7 Å². The molecule has 0 aromatic carbocycles. The van der Waals surface area contributed by atoms with Crippen LogP contribution in [0.25, 0.3) is 0 Å². The molecule has 0 N–H and O–H groups in total. The maximum atomic E-state index is 14.4. The largest absolute Gasteiger partial charge is 0.469 e. The maximum absolute atomic E-state index is 14.4. The van der Waals surface area contributed by atoms with E-state index in [-0.39, 0.29) is 6.54 Å². The van der Waals surface area contributed by atoms with Gasteiger partial charge in [0.25, 0.3) is 0 Å². The highest BCUT2D eigenvalue weighted by atomic mass is 19.3. The van der Waals surface area contributed by atoms with E-state index in [0.717, 1.165) is 7.11 Å². The summed E-state index contributed by atoms with van der Waals surface area (Å²) in [6.45, 7) is 3.02. The second-order valence-electron chi connectivity index (χ2n) is 6.09. The van der Waals surface area contributed by atoms with Gasteiger partial charge >= 0.3 is 24.1 Å². The Balaban J connectivity index is 5.94. The van der Waals surface area contributed by atoms with Crippen LogP contribution in [0.2, 0.25) is 0 Å². The molecule has 0 radical (unpaired) electrons. The fourth-order valence-corrected chi connectivity index (χ4v) is 2.26. The third kappa shape index (κ3) is 4.09. The van der Waals surface area contributed by atoms with Crippen molar-refractivity contribution in [2.45, 2.75) is 38.4 Å². The van der Waals surface area contributed by atoms with Crippen LogP contribution in [0.4, 0.5) is 30.7 Å². The van der Waals surface area contributed by atoms with Crippen LogP contribution in [-0.4, -0.2) is 50.3 Å². The summed E-state index contributed by atoms with van der Waals surface area (Å²) in [5.41, 5.74) is -4.45. The molecule has 0 heterocycles. The van der Waals surface area contributed by atoms with Crippen molar-refractivity contribution in [2.75, 3.05) is 27.7 Å². The fourth-order valence-electron chi connectivity index (χ4n) is 2.26. The molecule has 0 aromatic rings. The van der Waals surface area contributed by atoms with Crippen molar-refractivity contribution in [2.24, 2.45) is 5.41 Å². The molecular formula is C13H20F7NO2. The molecule has 3 nitrogen and oxygen atoms in total. The summed E-state index contributed by atoms with van der Waals surface area (Å²) in [6, 6.07) is -3.07. The molecule has 0 saturated heterocycles. The average Bonchev–Trinajstić information content (AvgIpc) is 2.34. The third-order valence-electron chi connectivity index (χ3n) is 3.74. The van der Waals surface area contributed by atoms with Crippen molar-refractivity contribution in [1.82, 2.24) is 4.90 Å². The SMILES string of the molecule is COC(C)(C(C)(C)CN(C)C)C(F)(F)C(F)(F)OC(F)=C(F)F.